The maximum atomic E-state index is 6.36. The lowest BCUT2D eigenvalue weighted by atomic mass is 9.73. The molecule has 1 aliphatic carbocycles. The number of likely N-dealkylation sites (N-methyl/N-ethyl adjacent to an activating group) is 1. The van der Waals surface area contributed by atoms with E-state index in [4.69, 9.17) is 9.26 Å². The van der Waals surface area contributed by atoms with Gasteiger partial charge in [0.1, 0.15) is 0 Å². The van der Waals surface area contributed by atoms with Crippen molar-refractivity contribution in [3.05, 3.63) is 58.1 Å². The molecule has 0 saturated carbocycles. The molecule has 1 saturated heterocycles. The monoisotopic (exact) mass is 507 g/mol. The van der Waals surface area contributed by atoms with Gasteiger partial charge >= 0.3 is 0 Å². The lowest BCUT2D eigenvalue weighted by Gasteiger charge is -2.44. The molecule has 6 rings (SSSR count). The highest BCUT2D eigenvalue weighted by atomic mass is 79.9. The van der Waals surface area contributed by atoms with Gasteiger partial charge in [-0.05, 0) is 59.4 Å². The summed E-state index contributed by atoms with van der Waals surface area (Å²) in [5, 5.41) is 5.49. The van der Waals surface area contributed by atoms with E-state index < -0.39 is 0 Å². The van der Waals surface area contributed by atoms with Crippen LogP contribution in [0.5, 0.6) is 5.88 Å². The van der Waals surface area contributed by atoms with Crippen molar-refractivity contribution in [2.24, 2.45) is 13.0 Å². The zero-order valence-electron chi connectivity index (χ0n) is 19.0. The van der Waals surface area contributed by atoms with E-state index in [0.29, 0.717) is 29.6 Å². The lowest BCUT2D eigenvalue weighted by molar-refractivity contribution is 0.118. The van der Waals surface area contributed by atoms with E-state index >= 15 is 0 Å². The Morgan fingerprint density at radius 2 is 2.12 bits per heavy atom. The first-order chi connectivity index (χ1) is 16.0. The predicted molar refractivity (Wildman–Crippen MR) is 129 cm³/mol. The number of hydrogen-bond acceptors (Lipinski definition) is 6. The maximum absolute atomic E-state index is 6.36. The fourth-order valence-electron chi connectivity index (χ4n) is 5.80. The van der Waals surface area contributed by atoms with Crippen molar-refractivity contribution in [1.82, 2.24) is 24.6 Å². The normalized spacial score (nSPS) is 22.5. The van der Waals surface area contributed by atoms with E-state index in [9.17, 15) is 0 Å². The van der Waals surface area contributed by atoms with Crippen LogP contribution in [0.4, 0.5) is 0 Å². The smallest absolute Gasteiger partial charge is 0.259 e. The molecule has 4 aromatic rings. The van der Waals surface area contributed by atoms with E-state index in [1.807, 2.05) is 6.07 Å². The third-order valence-corrected chi connectivity index (χ3v) is 7.59. The van der Waals surface area contributed by atoms with E-state index in [0.717, 1.165) is 28.9 Å². The molecule has 0 amide bonds. The summed E-state index contributed by atoms with van der Waals surface area (Å²) in [5.74, 6) is 3.13. The zero-order chi connectivity index (χ0) is 22.7. The number of aryl methyl sites for hydroxylation is 1. The Bertz CT molecular complexity index is 1350. The molecular weight excluding hydrogens is 482 g/mol. The molecule has 1 aliphatic heterocycles. The minimum Gasteiger partial charge on any atom is -0.470 e. The summed E-state index contributed by atoms with van der Waals surface area (Å²) in [6.07, 6.45) is 5.67. The summed E-state index contributed by atoms with van der Waals surface area (Å²) in [7, 11) is 4.35. The molecule has 0 unspecified atom stereocenters. The Morgan fingerprint density at radius 1 is 1.24 bits per heavy atom. The molecule has 7 nitrogen and oxygen atoms in total. The van der Waals surface area contributed by atoms with E-state index in [-0.39, 0.29) is 6.61 Å². The minimum atomic E-state index is 0.248. The van der Waals surface area contributed by atoms with Crippen LogP contribution in [0.1, 0.15) is 36.2 Å². The molecule has 1 aromatic carbocycles. The largest absolute Gasteiger partial charge is 0.470 e. The van der Waals surface area contributed by atoms with Crippen molar-refractivity contribution in [1.29, 1.82) is 0 Å². The summed E-state index contributed by atoms with van der Waals surface area (Å²) in [6.45, 7) is 3.76. The lowest BCUT2D eigenvalue weighted by Crippen LogP contribution is -2.47. The third-order valence-electron chi connectivity index (χ3n) is 7.16. The van der Waals surface area contributed by atoms with Crippen LogP contribution in [-0.2, 0) is 20.1 Å². The van der Waals surface area contributed by atoms with Gasteiger partial charge in [0, 0.05) is 53.4 Å². The summed E-state index contributed by atoms with van der Waals surface area (Å²) in [5.41, 5.74) is 4.76. The fraction of sp³-hybridized carbons (Fsp3) is 0.400. The molecule has 33 heavy (non-hydrogen) atoms. The number of rotatable bonds is 4. The van der Waals surface area contributed by atoms with Crippen molar-refractivity contribution in [3.8, 4) is 17.3 Å². The highest BCUT2D eigenvalue weighted by molar-refractivity contribution is 9.10. The summed E-state index contributed by atoms with van der Waals surface area (Å²) in [6, 6.07) is 9.10. The number of piperidine rings is 1. The Kier molecular flexibility index (Phi) is 5.03. The molecule has 3 atom stereocenters. The molecule has 0 spiro atoms. The number of aromatic nitrogens is 4. The number of benzene rings is 1. The molecule has 0 N–H and O–H groups in total. The van der Waals surface area contributed by atoms with Crippen molar-refractivity contribution < 1.29 is 9.26 Å². The first-order valence-electron chi connectivity index (χ1n) is 11.4. The van der Waals surface area contributed by atoms with Gasteiger partial charge in [-0.25, -0.2) is 0 Å². The molecule has 0 radical (unpaired) electrons. The Balaban J connectivity index is 1.33. The average molecular weight is 508 g/mol. The quantitative estimate of drug-likeness (QED) is 0.389. The first-order valence-corrected chi connectivity index (χ1v) is 12.2. The number of fused-ring (bicyclic) bond motifs is 2. The van der Waals surface area contributed by atoms with E-state index in [1.54, 1.807) is 12.4 Å². The number of pyridine rings is 1. The van der Waals surface area contributed by atoms with Crippen molar-refractivity contribution in [2.45, 2.75) is 38.3 Å². The molecule has 4 heterocycles. The molecular formula is C25H26BrN5O2. The van der Waals surface area contributed by atoms with E-state index in [1.165, 1.54) is 28.5 Å². The van der Waals surface area contributed by atoms with Gasteiger partial charge in [-0.2, -0.15) is 4.98 Å². The molecule has 170 valence electrons. The van der Waals surface area contributed by atoms with Crippen LogP contribution < -0.4 is 4.74 Å². The van der Waals surface area contributed by atoms with Gasteiger partial charge in [0.05, 0.1) is 11.1 Å². The van der Waals surface area contributed by atoms with Crippen LogP contribution in [0, 0.1) is 5.92 Å². The van der Waals surface area contributed by atoms with Gasteiger partial charge in [0.2, 0.25) is 5.82 Å². The second kappa shape index (κ2) is 7.95. The summed E-state index contributed by atoms with van der Waals surface area (Å²) >= 11 is 3.43. The van der Waals surface area contributed by atoms with Gasteiger partial charge in [0.25, 0.3) is 5.89 Å². The van der Waals surface area contributed by atoms with Crippen LogP contribution in [0.3, 0.4) is 0 Å². The van der Waals surface area contributed by atoms with Crippen LogP contribution in [-0.4, -0.2) is 44.2 Å². The van der Waals surface area contributed by atoms with Crippen molar-refractivity contribution in [3.63, 3.8) is 0 Å². The highest BCUT2D eigenvalue weighted by Crippen LogP contribution is 2.47. The van der Waals surface area contributed by atoms with Crippen LogP contribution >= 0.6 is 15.9 Å². The van der Waals surface area contributed by atoms with E-state index in [2.05, 4.69) is 79.7 Å². The third kappa shape index (κ3) is 3.47. The van der Waals surface area contributed by atoms with Gasteiger partial charge in [-0.3, -0.25) is 4.98 Å². The topological polar surface area (TPSA) is 69.2 Å². The molecule has 8 heteroatoms. The fourth-order valence-corrected chi connectivity index (χ4v) is 6.16. The van der Waals surface area contributed by atoms with Crippen LogP contribution in [0.15, 0.2) is 45.7 Å². The maximum Gasteiger partial charge on any atom is 0.259 e. The van der Waals surface area contributed by atoms with Crippen molar-refractivity contribution >= 4 is 26.8 Å². The molecule has 0 bridgehead atoms. The highest BCUT2D eigenvalue weighted by Gasteiger charge is 2.40. The van der Waals surface area contributed by atoms with Gasteiger partial charge in [0.15, 0.2) is 12.5 Å². The Hall–Kier alpha value is -2.71. The molecule has 3 aromatic heterocycles. The Labute approximate surface area is 200 Å². The number of halogens is 1. The average Bonchev–Trinajstić information content (AvgIpc) is 3.37. The second-order valence-corrected chi connectivity index (χ2v) is 10.4. The SMILES string of the molecule is C[C@@H]1C[C@@H]2c3cccc4c3c(c(OCc3noc(-c5cncc(Br)c5)n3)n4C)C[C@H]2N(C)C1. The number of hydrogen-bond donors (Lipinski definition) is 0. The van der Waals surface area contributed by atoms with Gasteiger partial charge in [-0.15, -0.1) is 0 Å². The van der Waals surface area contributed by atoms with Crippen molar-refractivity contribution in [2.75, 3.05) is 13.6 Å². The predicted octanol–water partition coefficient (Wildman–Crippen LogP) is 4.94. The molecule has 1 fully saturated rings. The number of likely N-dealkylation sites (tertiary alicyclic amines) is 1. The minimum absolute atomic E-state index is 0.248. The Morgan fingerprint density at radius 3 is 2.97 bits per heavy atom. The first kappa shape index (κ1) is 20.9. The van der Waals surface area contributed by atoms with Gasteiger partial charge in [-0.1, -0.05) is 24.2 Å². The van der Waals surface area contributed by atoms with Gasteiger partial charge < -0.3 is 18.7 Å². The molecule has 2 aliphatic rings. The summed E-state index contributed by atoms with van der Waals surface area (Å²) in [4.78, 5) is 11.2. The standard InChI is InChI=1S/C25H26BrN5O2/c1-14-7-18-17-5-4-6-20-23(17)19(9-21(18)30(2)12-14)25(31(20)3)32-13-22-28-24(33-29-22)15-8-16(26)11-27-10-15/h4-6,8,10-11,14,18,21H,7,9,12-13H2,1-3H3/t14-,18-,21-/m1/s1. The number of ether oxygens (including phenoxy) is 1. The van der Waals surface area contributed by atoms with Crippen LogP contribution in [0.2, 0.25) is 0 Å². The second-order valence-electron chi connectivity index (χ2n) is 9.44. The summed E-state index contributed by atoms with van der Waals surface area (Å²) < 4.78 is 14.8. The van der Waals surface area contributed by atoms with Crippen LogP contribution in [0.25, 0.3) is 22.4 Å². The zero-order valence-corrected chi connectivity index (χ0v) is 20.5. The number of nitrogens with zero attached hydrogens (tertiary/aromatic N) is 5.